The number of aliphatic hydroxyl groups is 1. The maximum Gasteiger partial charge on any atom is 0.325 e. The Labute approximate surface area is 181 Å². The van der Waals surface area contributed by atoms with E-state index in [1.807, 2.05) is 0 Å². The Balaban J connectivity index is 1.61. The molecule has 1 amide bonds. The summed E-state index contributed by atoms with van der Waals surface area (Å²) >= 11 is 5.81. The summed E-state index contributed by atoms with van der Waals surface area (Å²) in [5.74, 6) is -1.25. The van der Waals surface area contributed by atoms with Crippen molar-refractivity contribution in [3.63, 3.8) is 0 Å². The van der Waals surface area contributed by atoms with E-state index in [4.69, 9.17) is 16.3 Å². The summed E-state index contributed by atoms with van der Waals surface area (Å²) in [5, 5.41) is 13.2. The fraction of sp³-hybridized carbons (Fsp3) is 0.600. The molecule has 2 aliphatic rings. The molecule has 0 unspecified atom stereocenters. The summed E-state index contributed by atoms with van der Waals surface area (Å²) in [6.45, 7) is -0.699. The number of amides is 1. The van der Waals surface area contributed by atoms with Gasteiger partial charge in [-0.3, -0.25) is 9.59 Å². The number of aliphatic hydroxyl groups excluding tert-OH is 1. The molecule has 3 rings (SSSR count). The van der Waals surface area contributed by atoms with Crippen LogP contribution in [-0.4, -0.2) is 61.0 Å². The Morgan fingerprint density at radius 3 is 2.40 bits per heavy atom. The Morgan fingerprint density at radius 1 is 1.13 bits per heavy atom. The molecule has 0 spiro atoms. The molecule has 0 bridgehead atoms. The lowest BCUT2D eigenvalue weighted by Crippen LogP contribution is -2.43. The third-order valence-electron chi connectivity index (χ3n) is 5.49. The number of esters is 1. The Bertz CT molecular complexity index is 853. The molecule has 1 aromatic carbocycles. The topological polar surface area (TPSA) is 113 Å². The SMILES string of the molecule is O=C(COC(=O)[C@@H]1C[C@@H](O)CN1S(=O)(=O)c1ccc(Cl)cc1)NC1CCCCCC1. The second kappa shape index (κ2) is 10.1. The fourth-order valence-corrected chi connectivity index (χ4v) is 5.68. The van der Waals surface area contributed by atoms with Crippen molar-refractivity contribution in [3.8, 4) is 0 Å². The molecule has 1 aliphatic heterocycles. The summed E-state index contributed by atoms with van der Waals surface area (Å²) in [7, 11) is -4.03. The molecule has 2 atom stereocenters. The van der Waals surface area contributed by atoms with Crippen LogP contribution in [0.25, 0.3) is 0 Å². The number of nitrogens with zero attached hydrogens (tertiary/aromatic N) is 1. The lowest BCUT2D eigenvalue weighted by Gasteiger charge is -2.22. The van der Waals surface area contributed by atoms with Crippen LogP contribution in [0.2, 0.25) is 5.02 Å². The number of hydrogen-bond acceptors (Lipinski definition) is 6. The number of β-amino-alcohol motifs (C(OH)–C–C–N with tert-alkyl or cyclic N) is 1. The monoisotopic (exact) mass is 458 g/mol. The maximum atomic E-state index is 12.9. The van der Waals surface area contributed by atoms with Gasteiger partial charge in [-0.2, -0.15) is 4.31 Å². The number of benzene rings is 1. The van der Waals surface area contributed by atoms with Crippen LogP contribution in [0.4, 0.5) is 0 Å². The van der Waals surface area contributed by atoms with Crippen molar-refractivity contribution in [1.29, 1.82) is 0 Å². The molecule has 1 heterocycles. The fourth-order valence-electron chi connectivity index (χ4n) is 3.93. The zero-order valence-electron chi connectivity index (χ0n) is 16.6. The van der Waals surface area contributed by atoms with Crippen LogP contribution < -0.4 is 5.32 Å². The molecular formula is C20H27ClN2O6S. The highest BCUT2D eigenvalue weighted by Crippen LogP contribution is 2.28. The van der Waals surface area contributed by atoms with Gasteiger partial charge >= 0.3 is 5.97 Å². The third-order valence-corrected chi connectivity index (χ3v) is 7.63. The van der Waals surface area contributed by atoms with E-state index >= 15 is 0 Å². The van der Waals surface area contributed by atoms with Gasteiger partial charge in [-0.15, -0.1) is 0 Å². The van der Waals surface area contributed by atoms with E-state index in [2.05, 4.69) is 5.32 Å². The third kappa shape index (κ3) is 5.72. The standard InChI is InChI=1S/C20H27ClN2O6S/c21-14-7-9-17(10-8-14)30(27,28)23-12-16(24)11-18(23)20(26)29-13-19(25)22-15-5-3-1-2-4-6-15/h7-10,15-16,18,24H,1-6,11-13H2,(H,22,25)/t16-,18+/m1/s1. The van der Waals surface area contributed by atoms with Gasteiger partial charge in [0.2, 0.25) is 10.0 Å². The number of halogens is 1. The summed E-state index contributed by atoms with van der Waals surface area (Å²) in [4.78, 5) is 24.7. The van der Waals surface area contributed by atoms with Crippen LogP contribution in [0.3, 0.4) is 0 Å². The van der Waals surface area contributed by atoms with Gasteiger partial charge < -0.3 is 15.2 Å². The molecule has 2 N–H and O–H groups in total. The second-order valence-electron chi connectivity index (χ2n) is 7.80. The number of carbonyl (C=O) groups is 2. The molecule has 8 nitrogen and oxygen atoms in total. The van der Waals surface area contributed by atoms with Gasteiger partial charge in [0.05, 0.1) is 11.0 Å². The quantitative estimate of drug-likeness (QED) is 0.496. The highest BCUT2D eigenvalue weighted by molar-refractivity contribution is 7.89. The van der Waals surface area contributed by atoms with Crippen LogP contribution in [0.1, 0.15) is 44.9 Å². The molecule has 0 aromatic heterocycles. The van der Waals surface area contributed by atoms with Crippen molar-refractivity contribution in [3.05, 3.63) is 29.3 Å². The van der Waals surface area contributed by atoms with Crippen LogP contribution >= 0.6 is 11.6 Å². The van der Waals surface area contributed by atoms with Crippen LogP contribution in [0, 0.1) is 0 Å². The van der Waals surface area contributed by atoms with Crippen LogP contribution in [-0.2, 0) is 24.3 Å². The van der Waals surface area contributed by atoms with Gasteiger partial charge in [-0.05, 0) is 37.1 Å². The van der Waals surface area contributed by atoms with E-state index in [9.17, 15) is 23.1 Å². The number of sulfonamides is 1. The minimum atomic E-state index is -4.03. The van der Waals surface area contributed by atoms with Gasteiger partial charge in [0.25, 0.3) is 5.91 Å². The van der Waals surface area contributed by atoms with Crippen molar-refractivity contribution in [1.82, 2.24) is 9.62 Å². The van der Waals surface area contributed by atoms with Crippen molar-refractivity contribution >= 4 is 33.5 Å². The van der Waals surface area contributed by atoms with Gasteiger partial charge in [0.15, 0.2) is 6.61 Å². The predicted octanol–water partition coefficient (Wildman–Crippen LogP) is 1.85. The van der Waals surface area contributed by atoms with E-state index in [0.717, 1.165) is 42.8 Å². The van der Waals surface area contributed by atoms with E-state index in [-0.39, 0.29) is 23.9 Å². The zero-order valence-corrected chi connectivity index (χ0v) is 18.2. The number of carbonyl (C=O) groups excluding carboxylic acids is 2. The van der Waals surface area contributed by atoms with Gasteiger partial charge in [0, 0.05) is 24.0 Å². The normalized spacial score (nSPS) is 23.7. The largest absolute Gasteiger partial charge is 0.454 e. The Hall–Kier alpha value is -1.68. The number of ether oxygens (including phenoxy) is 1. The highest BCUT2D eigenvalue weighted by atomic mass is 35.5. The van der Waals surface area contributed by atoms with Gasteiger partial charge in [-0.1, -0.05) is 37.3 Å². The van der Waals surface area contributed by atoms with Crippen molar-refractivity contribution in [2.24, 2.45) is 0 Å². The summed E-state index contributed by atoms with van der Waals surface area (Å²) in [5.41, 5.74) is 0. The Morgan fingerprint density at radius 2 is 1.77 bits per heavy atom. The van der Waals surface area contributed by atoms with E-state index in [1.54, 1.807) is 0 Å². The number of nitrogens with one attached hydrogen (secondary N) is 1. The molecule has 1 saturated heterocycles. The molecule has 2 fully saturated rings. The van der Waals surface area contributed by atoms with Crippen LogP contribution in [0.5, 0.6) is 0 Å². The zero-order chi connectivity index (χ0) is 21.7. The van der Waals surface area contributed by atoms with Gasteiger partial charge in [0.1, 0.15) is 6.04 Å². The van der Waals surface area contributed by atoms with E-state index in [1.165, 1.54) is 24.3 Å². The highest BCUT2D eigenvalue weighted by Gasteiger charge is 2.44. The average molecular weight is 459 g/mol. The molecular weight excluding hydrogens is 432 g/mol. The lowest BCUT2D eigenvalue weighted by atomic mass is 10.1. The summed E-state index contributed by atoms with van der Waals surface area (Å²) < 4.78 is 31.9. The molecule has 166 valence electrons. The van der Waals surface area contributed by atoms with Crippen molar-refractivity contribution in [2.75, 3.05) is 13.2 Å². The lowest BCUT2D eigenvalue weighted by molar-refractivity contribution is -0.152. The first-order valence-corrected chi connectivity index (χ1v) is 12.0. The molecule has 1 aliphatic carbocycles. The number of hydrogen-bond donors (Lipinski definition) is 2. The number of rotatable bonds is 6. The maximum absolute atomic E-state index is 12.9. The second-order valence-corrected chi connectivity index (χ2v) is 10.1. The average Bonchev–Trinajstić information content (AvgIpc) is 2.93. The van der Waals surface area contributed by atoms with Crippen LogP contribution in [0.15, 0.2) is 29.2 Å². The van der Waals surface area contributed by atoms with Crippen molar-refractivity contribution < 1.29 is 27.9 Å². The first kappa shape index (κ1) is 23.0. The molecule has 1 saturated carbocycles. The first-order chi connectivity index (χ1) is 14.3. The summed E-state index contributed by atoms with van der Waals surface area (Å²) in [6, 6.07) is 4.44. The molecule has 0 radical (unpaired) electrons. The predicted molar refractivity (Wildman–Crippen MR) is 110 cm³/mol. The minimum absolute atomic E-state index is 0.0371. The van der Waals surface area contributed by atoms with E-state index < -0.39 is 40.7 Å². The molecule has 30 heavy (non-hydrogen) atoms. The molecule has 1 aromatic rings. The summed E-state index contributed by atoms with van der Waals surface area (Å²) in [6.07, 6.45) is 5.15. The first-order valence-electron chi connectivity index (χ1n) is 10.2. The molecule has 10 heteroatoms. The smallest absolute Gasteiger partial charge is 0.325 e. The minimum Gasteiger partial charge on any atom is -0.454 e. The van der Waals surface area contributed by atoms with Crippen molar-refractivity contribution in [2.45, 2.75) is 68.0 Å². The van der Waals surface area contributed by atoms with Gasteiger partial charge in [-0.25, -0.2) is 8.42 Å². The van der Waals surface area contributed by atoms with E-state index in [0.29, 0.717) is 5.02 Å². The Kier molecular flexibility index (Phi) is 7.73.